The molecule has 1 aromatic carbocycles. The zero-order chi connectivity index (χ0) is 18.9. The molecule has 2 aromatic rings. The quantitative estimate of drug-likeness (QED) is 0.405. The SMILES string of the molecule is COc1ccc(C(C)=NOCCOc2ccc(CC3CNCS3)cc2)cn1. The van der Waals surface area contributed by atoms with Crippen LogP contribution in [-0.2, 0) is 11.3 Å². The van der Waals surface area contributed by atoms with Gasteiger partial charge >= 0.3 is 0 Å². The molecule has 7 heteroatoms. The largest absolute Gasteiger partial charge is 0.490 e. The monoisotopic (exact) mass is 387 g/mol. The van der Waals surface area contributed by atoms with E-state index in [1.54, 1.807) is 19.4 Å². The second-order valence-corrected chi connectivity index (χ2v) is 7.47. The van der Waals surface area contributed by atoms with Crippen molar-refractivity contribution in [1.29, 1.82) is 0 Å². The molecule has 1 aromatic heterocycles. The molecule has 1 fully saturated rings. The Labute approximate surface area is 164 Å². The fraction of sp³-hybridized carbons (Fsp3) is 0.400. The average Bonchev–Trinajstić information content (AvgIpc) is 3.22. The first-order valence-electron chi connectivity index (χ1n) is 8.95. The Hall–Kier alpha value is -2.25. The maximum absolute atomic E-state index is 5.71. The number of methoxy groups -OCH3 is 1. The summed E-state index contributed by atoms with van der Waals surface area (Å²) in [4.78, 5) is 9.49. The van der Waals surface area contributed by atoms with E-state index in [0.29, 0.717) is 24.3 Å². The lowest BCUT2D eigenvalue weighted by molar-refractivity contribution is 0.107. The van der Waals surface area contributed by atoms with Gasteiger partial charge < -0.3 is 19.6 Å². The number of rotatable bonds is 9. The van der Waals surface area contributed by atoms with Crippen molar-refractivity contribution in [1.82, 2.24) is 10.3 Å². The Kier molecular flexibility index (Phi) is 7.36. The molecule has 0 spiro atoms. The zero-order valence-corrected chi connectivity index (χ0v) is 16.5. The van der Waals surface area contributed by atoms with Crippen LogP contribution in [0.3, 0.4) is 0 Å². The molecule has 1 aliphatic rings. The van der Waals surface area contributed by atoms with Crippen molar-refractivity contribution in [3.63, 3.8) is 0 Å². The van der Waals surface area contributed by atoms with Gasteiger partial charge in [0, 0.05) is 35.5 Å². The molecule has 0 bridgehead atoms. The lowest BCUT2D eigenvalue weighted by atomic mass is 10.1. The van der Waals surface area contributed by atoms with E-state index in [2.05, 4.69) is 27.6 Å². The predicted molar refractivity (Wildman–Crippen MR) is 109 cm³/mol. The predicted octanol–water partition coefficient (Wildman–Crippen LogP) is 3.11. The summed E-state index contributed by atoms with van der Waals surface area (Å²) in [5, 5.41) is 8.15. The highest BCUT2D eigenvalue weighted by molar-refractivity contribution is 8.00. The summed E-state index contributed by atoms with van der Waals surface area (Å²) in [7, 11) is 1.59. The van der Waals surface area contributed by atoms with Crippen molar-refractivity contribution in [3.05, 3.63) is 53.7 Å². The Morgan fingerprint density at radius 1 is 1.22 bits per heavy atom. The van der Waals surface area contributed by atoms with E-state index >= 15 is 0 Å². The van der Waals surface area contributed by atoms with Crippen LogP contribution < -0.4 is 14.8 Å². The molecule has 27 heavy (non-hydrogen) atoms. The Morgan fingerprint density at radius 3 is 2.74 bits per heavy atom. The minimum absolute atomic E-state index is 0.382. The zero-order valence-electron chi connectivity index (χ0n) is 15.7. The lowest BCUT2D eigenvalue weighted by Crippen LogP contribution is -2.14. The van der Waals surface area contributed by atoms with Gasteiger partial charge in [0.05, 0.1) is 12.8 Å². The molecule has 1 unspecified atom stereocenters. The van der Waals surface area contributed by atoms with Crippen molar-refractivity contribution >= 4 is 17.5 Å². The van der Waals surface area contributed by atoms with Crippen LogP contribution in [-0.4, -0.2) is 48.7 Å². The smallest absolute Gasteiger partial charge is 0.212 e. The van der Waals surface area contributed by atoms with Crippen molar-refractivity contribution in [3.8, 4) is 11.6 Å². The number of thioether (sulfide) groups is 1. The maximum atomic E-state index is 5.71. The van der Waals surface area contributed by atoms with Crippen molar-refractivity contribution in [2.45, 2.75) is 18.6 Å². The first kappa shape index (κ1) is 19.5. The fourth-order valence-corrected chi connectivity index (χ4v) is 3.70. The molecular formula is C20H25N3O3S. The van der Waals surface area contributed by atoms with Crippen LogP contribution in [0.25, 0.3) is 0 Å². The molecular weight excluding hydrogens is 362 g/mol. The molecule has 0 aliphatic carbocycles. The van der Waals surface area contributed by atoms with Gasteiger partial charge in [-0.15, -0.1) is 11.8 Å². The highest BCUT2D eigenvalue weighted by Gasteiger charge is 2.15. The molecule has 6 nitrogen and oxygen atoms in total. The van der Waals surface area contributed by atoms with Gasteiger partial charge in [0.25, 0.3) is 0 Å². The number of nitrogens with one attached hydrogen (secondary N) is 1. The molecule has 0 amide bonds. The van der Waals surface area contributed by atoms with Gasteiger partial charge in [-0.25, -0.2) is 4.98 Å². The number of aromatic nitrogens is 1. The summed E-state index contributed by atoms with van der Waals surface area (Å²) in [6, 6.07) is 12.0. The van der Waals surface area contributed by atoms with Gasteiger partial charge in [0.1, 0.15) is 12.4 Å². The van der Waals surface area contributed by atoms with E-state index in [1.165, 1.54) is 5.56 Å². The number of ether oxygens (including phenoxy) is 2. The normalized spacial score (nSPS) is 17.0. The molecule has 0 radical (unpaired) electrons. The van der Waals surface area contributed by atoms with E-state index in [9.17, 15) is 0 Å². The first-order valence-corrected chi connectivity index (χ1v) is 10.0. The number of benzene rings is 1. The number of hydrogen-bond donors (Lipinski definition) is 1. The van der Waals surface area contributed by atoms with E-state index in [4.69, 9.17) is 14.3 Å². The maximum Gasteiger partial charge on any atom is 0.212 e. The Morgan fingerprint density at radius 2 is 2.07 bits per heavy atom. The van der Waals surface area contributed by atoms with E-state index in [-0.39, 0.29) is 0 Å². The minimum atomic E-state index is 0.382. The standard InChI is InChI=1S/C20H25N3O3S/c1-15(17-5-8-20(24-2)22-12-17)23-26-10-9-25-18-6-3-16(4-7-18)11-19-13-21-14-27-19/h3-8,12,19,21H,9-11,13-14H2,1-2H3. The summed E-state index contributed by atoms with van der Waals surface area (Å²) < 4.78 is 10.7. The number of nitrogens with zero attached hydrogens (tertiary/aromatic N) is 2. The van der Waals surface area contributed by atoms with E-state index < -0.39 is 0 Å². The summed E-state index contributed by atoms with van der Waals surface area (Å²) >= 11 is 1.98. The van der Waals surface area contributed by atoms with Crippen molar-refractivity contribution in [2.24, 2.45) is 5.16 Å². The number of hydrogen-bond acceptors (Lipinski definition) is 7. The summed E-state index contributed by atoms with van der Waals surface area (Å²) in [6.07, 6.45) is 2.80. The summed E-state index contributed by atoms with van der Waals surface area (Å²) in [5.41, 5.74) is 2.99. The second kappa shape index (κ2) is 10.2. The third-order valence-electron chi connectivity index (χ3n) is 4.19. The van der Waals surface area contributed by atoms with Gasteiger partial charge in [-0.2, -0.15) is 0 Å². The van der Waals surface area contributed by atoms with Crippen molar-refractivity contribution < 1.29 is 14.3 Å². The first-order chi connectivity index (χ1) is 13.2. The van der Waals surface area contributed by atoms with Gasteiger partial charge in [0.2, 0.25) is 5.88 Å². The van der Waals surface area contributed by atoms with Crippen LogP contribution in [0.5, 0.6) is 11.6 Å². The van der Waals surface area contributed by atoms with Gasteiger partial charge in [-0.1, -0.05) is 17.3 Å². The highest BCUT2D eigenvalue weighted by atomic mass is 32.2. The van der Waals surface area contributed by atoms with E-state index in [1.807, 2.05) is 36.9 Å². The van der Waals surface area contributed by atoms with Crippen LogP contribution in [0, 0.1) is 0 Å². The number of oxime groups is 1. The molecule has 0 saturated carbocycles. The fourth-order valence-electron chi connectivity index (χ4n) is 2.68. The van der Waals surface area contributed by atoms with Crippen LogP contribution in [0.1, 0.15) is 18.1 Å². The topological polar surface area (TPSA) is 65.0 Å². The highest BCUT2D eigenvalue weighted by Crippen LogP contribution is 2.21. The third-order valence-corrected chi connectivity index (χ3v) is 5.36. The van der Waals surface area contributed by atoms with Crippen LogP contribution in [0.4, 0.5) is 0 Å². The summed E-state index contributed by atoms with van der Waals surface area (Å²) in [6.45, 7) is 3.79. The molecule has 3 rings (SSSR count). The van der Waals surface area contributed by atoms with Crippen LogP contribution in [0.15, 0.2) is 47.8 Å². The van der Waals surface area contributed by atoms with Gasteiger partial charge in [-0.3, -0.25) is 0 Å². The third kappa shape index (κ3) is 6.15. The molecule has 2 heterocycles. The second-order valence-electron chi connectivity index (χ2n) is 6.18. The molecule has 1 aliphatic heterocycles. The van der Waals surface area contributed by atoms with Gasteiger partial charge in [-0.05, 0) is 37.1 Å². The minimum Gasteiger partial charge on any atom is -0.490 e. The molecule has 1 atom stereocenters. The number of pyridine rings is 1. The van der Waals surface area contributed by atoms with Crippen molar-refractivity contribution in [2.75, 3.05) is 32.7 Å². The molecule has 1 saturated heterocycles. The van der Waals surface area contributed by atoms with Crippen LogP contribution in [0.2, 0.25) is 0 Å². The summed E-state index contributed by atoms with van der Waals surface area (Å²) in [5.74, 6) is 2.48. The van der Waals surface area contributed by atoms with Crippen LogP contribution >= 0.6 is 11.8 Å². The average molecular weight is 388 g/mol. The van der Waals surface area contributed by atoms with Gasteiger partial charge in [0.15, 0.2) is 6.61 Å². The molecule has 1 N–H and O–H groups in total. The lowest BCUT2D eigenvalue weighted by Gasteiger charge is -2.09. The Balaban J connectivity index is 1.37. The van der Waals surface area contributed by atoms with E-state index in [0.717, 1.165) is 35.9 Å². The molecule has 144 valence electrons. The Bertz CT molecular complexity index is 729.